The van der Waals surface area contributed by atoms with E-state index in [1.807, 2.05) is 0 Å². The van der Waals surface area contributed by atoms with Crippen molar-refractivity contribution in [1.82, 2.24) is 5.32 Å². The lowest BCUT2D eigenvalue weighted by atomic mass is 10.3. The number of amides is 1. The second kappa shape index (κ2) is 5.92. The Balaban J connectivity index is 3.02. The molecule has 0 spiro atoms. The van der Waals surface area contributed by atoms with Crippen molar-refractivity contribution in [3.05, 3.63) is 32.8 Å². The molecule has 1 aromatic rings. The van der Waals surface area contributed by atoms with E-state index in [0.717, 1.165) is 11.3 Å². The summed E-state index contributed by atoms with van der Waals surface area (Å²) < 4.78 is 4.49. The van der Waals surface area contributed by atoms with Crippen LogP contribution in [-0.4, -0.2) is 23.9 Å². The highest BCUT2D eigenvalue weighted by molar-refractivity contribution is 7.16. The normalized spacial score (nSPS) is 10.9. The molecule has 1 amide bonds. The van der Waals surface area contributed by atoms with Gasteiger partial charge in [-0.15, -0.1) is 0 Å². The lowest BCUT2D eigenvalue weighted by Crippen LogP contribution is -2.25. The predicted octanol–water partition coefficient (Wildman–Crippen LogP) is 1.31. The predicted molar refractivity (Wildman–Crippen MR) is 64.8 cm³/mol. The number of carbonyl (C=O) groups is 2. The van der Waals surface area contributed by atoms with E-state index in [4.69, 9.17) is 0 Å². The van der Waals surface area contributed by atoms with E-state index in [0.29, 0.717) is 4.88 Å². The van der Waals surface area contributed by atoms with Gasteiger partial charge in [0.1, 0.15) is 5.70 Å². The van der Waals surface area contributed by atoms with Gasteiger partial charge in [-0.2, -0.15) is 0 Å². The van der Waals surface area contributed by atoms with Gasteiger partial charge in [-0.05, 0) is 12.1 Å². The van der Waals surface area contributed by atoms with E-state index in [-0.39, 0.29) is 10.7 Å². The summed E-state index contributed by atoms with van der Waals surface area (Å²) in [6.45, 7) is 1.24. The van der Waals surface area contributed by atoms with Crippen molar-refractivity contribution >= 4 is 34.3 Å². The highest BCUT2D eigenvalue weighted by atomic mass is 32.1. The van der Waals surface area contributed by atoms with Gasteiger partial charge in [-0.1, -0.05) is 11.3 Å². The van der Waals surface area contributed by atoms with E-state index < -0.39 is 16.8 Å². The van der Waals surface area contributed by atoms with Crippen LogP contribution < -0.4 is 5.32 Å². The summed E-state index contributed by atoms with van der Waals surface area (Å²) >= 11 is 0.890. The zero-order valence-electron chi connectivity index (χ0n) is 9.63. The standard InChI is InChI=1S/C10H10N2O5S/c1-6(13)11-8(10(14)17-2)5-7-3-4-9(18-7)12(15)16/h3-5H,1-2H3,(H,11,13)/b8-5-. The van der Waals surface area contributed by atoms with Gasteiger partial charge in [-0.3, -0.25) is 14.9 Å². The first-order valence-electron chi connectivity index (χ1n) is 4.76. The number of hydrogen-bond acceptors (Lipinski definition) is 6. The van der Waals surface area contributed by atoms with E-state index >= 15 is 0 Å². The number of methoxy groups -OCH3 is 1. The van der Waals surface area contributed by atoms with Gasteiger partial charge in [0.25, 0.3) is 0 Å². The van der Waals surface area contributed by atoms with Crippen LogP contribution in [0.1, 0.15) is 11.8 Å². The minimum Gasteiger partial charge on any atom is -0.464 e. The van der Waals surface area contributed by atoms with Gasteiger partial charge in [-0.25, -0.2) is 4.79 Å². The van der Waals surface area contributed by atoms with Gasteiger partial charge in [0.2, 0.25) is 5.91 Å². The largest absolute Gasteiger partial charge is 0.464 e. The molecule has 0 aliphatic rings. The number of esters is 1. The third-order valence-corrected chi connectivity index (χ3v) is 2.78. The van der Waals surface area contributed by atoms with Crippen LogP contribution in [0.5, 0.6) is 0 Å². The number of hydrogen-bond donors (Lipinski definition) is 1. The molecule has 0 saturated heterocycles. The smallest absolute Gasteiger partial charge is 0.354 e. The first kappa shape index (κ1) is 13.8. The molecule has 0 aromatic carbocycles. The fourth-order valence-electron chi connectivity index (χ4n) is 1.11. The summed E-state index contributed by atoms with van der Waals surface area (Å²) in [5.41, 5.74) is -0.0678. The SMILES string of the molecule is COC(=O)/C(=C/c1ccc([N+](=O)[O-])s1)NC(C)=O. The Bertz CT molecular complexity index is 520. The highest BCUT2D eigenvalue weighted by Gasteiger charge is 2.14. The lowest BCUT2D eigenvalue weighted by molar-refractivity contribution is -0.380. The fraction of sp³-hybridized carbons (Fsp3) is 0.200. The maximum absolute atomic E-state index is 11.4. The molecule has 18 heavy (non-hydrogen) atoms. The van der Waals surface area contributed by atoms with Crippen LogP contribution >= 0.6 is 11.3 Å². The molecule has 1 heterocycles. The number of ether oxygens (including phenoxy) is 1. The van der Waals surface area contributed by atoms with Crippen molar-refractivity contribution in [2.24, 2.45) is 0 Å². The molecule has 8 heteroatoms. The van der Waals surface area contributed by atoms with Crippen molar-refractivity contribution < 1.29 is 19.2 Å². The monoisotopic (exact) mass is 270 g/mol. The quantitative estimate of drug-likeness (QED) is 0.385. The first-order valence-corrected chi connectivity index (χ1v) is 5.57. The molecule has 1 N–H and O–H groups in total. The molecule has 0 radical (unpaired) electrons. The third kappa shape index (κ3) is 3.67. The van der Waals surface area contributed by atoms with E-state index in [1.165, 1.54) is 32.2 Å². The van der Waals surface area contributed by atoms with Crippen molar-refractivity contribution in [2.75, 3.05) is 7.11 Å². The molecule has 0 saturated carbocycles. The molecule has 0 aliphatic carbocycles. The van der Waals surface area contributed by atoms with Gasteiger partial charge in [0.05, 0.1) is 12.0 Å². The van der Waals surface area contributed by atoms with Gasteiger partial charge < -0.3 is 10.1 Å². The summed E-state index contributed by atoms with van der Waals surface area (Å²) in [6.07, 6.45) is 1.32. The highest BCUT2D eigenvalue weighted by Crippen LogP contribution is 2.25. The Labute approximate surface area is 106 Å². The summed E-state index contributed by atoms with van der Waals surface area (Å²) in [4.78, 5) is 32.7. The molecule has 0 fully saturated rings. The lowest BCUT2D eigenvalue weighted by Gasteiger charge is -2.04. The van der Waals surface area contributed by atoms with Crippen LogP contribution in [0.2, 0.25) is 0 Å². The average molecular weight is 270 g/mol. The molecule has 1 rings (SSSR count). The Kier molecular flexibility index (Phi) is 4.55. The molecule has 7 nitrogen and oxygen atoms in total. The Hall–Kier alpha value is -2.22. The fourth-order valence-corrected chi connectivity index (χ4v) is 1.87. The average Bonchev–Trinajstić information content (AvgIpc) is 2.75. The van der Waals surface area contributed by atoms with Crippen molar-refractivity contribution in [2.45, 2.75) is 6.92 Å². The van der Waals surface area contributed by atoms with Gasteiger partial charge in [0.15, 0.2) is 0 Å². The summed E-state index contributed by atoms with van der Waals surface area (Å²) in [7, 11) is 1.18. The van der Waals surface area contributed by atoms with Crippen LogP contribution in [-0.2, 0) is 14.3 Å². The molecule has 0 bridgehead atoms. The molecular formula is C10H10N2O5S. The molecule has 96 valence electrons. The molecule has 0 aliphatic heterocycles. The maximum Gasteiger partial charge on any atom is 0.354 e. The second-order valence-corrected chi connectivity index (χ2v) is 4.26. The minimum atomic E-state index is -0.721. The first-order chi connectivity index (χ1) is 8.43. The Morgan fingerprint density at radius 3 is 2.61 bits per heavy atom. The van der Waals surface area contributed by atoms with Gasteiger partial charge in [0, 0.05) is 17.9 Å². The zero-order chi connectivity index (χ0) is 13.7. The number of nitro groups is 1. The van der Waals surface area contributed by atoms with Gasteiger partial charge >= 0.3 is 11.0 Å². The van der Waals surface area contributed by atoms with Crippen molar-refractivity contribution in [3.63, 3.8) is 0 Å². The maximum atomic E-state index is 11.4. The van der Waals surface area contributed by atoms with Crippen LogP contribution in [0.3, 0.4) is 0 Å². The number of nitrogens with one attached hydrogen (secondary N) is 1. The Morgan fingerprint density at radius 1 is 1.50 bits per heavy atom. The van der Waals surface area contributed by atoms with E-state index in [2.05, 4.69) is 10.1 Å². The van der Waals surface area contributed by atoms with Crippen molar-refractivity contribution in [1.29, 1.82) is 0 Å². The number of carbonyl (C=O) groups excluding carboxylic acids is 2. The van der Waals surface area contributed by atoms with Crippen LogP contribution in [0.4, 0.5) is 5.00 Å². The number of nitrogens with zero attached hydrogens (tertiary/aromatic N) is 1. The van der Waals surface area contributed by atoms with E-state index in [9.17, 15) is 19.7 Å². The number of rotatable bonds is 4. The Morgan fingerprint density at radius 2 is 2.17 bits per heavy atom. The molecule has 0 atom stereocenters. The van der Waals surface area contributed by atoms with Crippen LogP contribution in [0.25, 0.3) is 6.08 Å². The minimum absolute atomic E-state index is 0.0479. The van der Waals surface area contributed by atoms with Crippen LogP contribution in [0, 0.1) is 10.1 Å². The van der Waals surface area contributed by atoms with E-state index in [1.54, 1.807) is 0 Å². The van der Waals surface area contributed by atoms with Crippen LogP contribution in [0.15, 0.2) is 17.8 Å². The zero-order valence-corrected chi connectivity index (χ0v) is 10.4. The second-order valence-electron chi connectivity index (χ2n) is 3.16. The molecule has 0 unspecified atom stereocenters. The summed E-state index contributed by atoms with van der Waals surface area (Å²) in [5, 5.41) is 12.8. The van der Waals surface area contributed by atoms with Crippen molar-refractivity contribution in [3.8, 4) is 0 Å². The third-order valence-electron chi connectivity index (χ3n) is 1.80. The molecule has 1 aromatic heterocycles. The topological polar surface area (TPSA) is 98.5 Å². The summed E-state index contributed by atoms with van der Waals surface area (Å²) in [5.74, 6) is -1.15. The number of thiophene rings is 1. The summed E-state index contributed by atoms with van der Waals surface area (Å²) in [6, 6.07) is 2.80. The molecular weight excluding hydrogens is 260 g/mol.